The van der Waals surface area contributed by atoms with Gasteiger partial charge in [0.25, 0.3) is 0 Å². The Balaban J connectivity index is 2.02. The molecule has 1 amide bonds. The number of ketones is 1. The quantitative estimate of drug-likeness (QED) is 0.606. The smallest absolute Gasteiger partial charge is 0.410 e. The highest BCUT2D eigenvalue weighted by molar-refractivity contribution is 5.83. The molecule has 1 aliphatic heterocycles. The van der Waals surface area contributed by atoms with Gasteiger partial charge in [0.2, 0.25) is 0 Å². The predicted molar refractivity (Wildman–Crippen MR) is 91.7 cm³/mol. The Morgan fingerprint density at radius 1 is 1.32 bits per heavy atom. The highest BCUT2D eigenvalue weighted by Crippen LogP contribution is 2.23. The average Bonchev–Trinajstić information content (AvgIpc) is 2.64. The van der Waals surface area contributed by atoms with E-state index in [0.717, 1.165) is 5.56 Å². The Morgan fingerprint density at radius 3 is 2.72 bits per heavy atom. The zero-order chi connectivity index (χ0) is 18.2. The van der Waals surface area contributed by atoms with Gasteiger partial charge in [0.1, 0.15) is 12.4 Å². The van der Waals surface area contributed by atoms with E-state index >= 15 is 0 Å². The molecule has 1 saturated heterocycles. The monoisotopic (exact) mass is 345 g/mol. The normalized spacial score (nSPS) is 18.9. The Hall–Kier alpha value is -2.63. The van der Waals surface area contributed by atoms with Crippen molar-refractivity contribution in [2.24, 2.45) is 5.92 Å². The molecule has 0 saturated carbocycles. The van der Waals surface area contributed by atoms with Crippen molar-refractivity contribution >= 4 is 17.8 Å². The summed E-state index contributed by atoms with van der Waals surface area (Å²) in [6.07, 6.45) is 3.11. The molecule has 2 rings (SSSR count). The number of esters is 1. The number of likely N-dealkylation sites (tertiary alicyclic amines) is 1. The Morgan fingerprint density at radius 2 is 2.04 bits per heavy atom. The number of nitrogens with zero attached hydrogens (tertiary/aromatic N) is 1. The van der Waals surface area contributed by atoms with Gasteiger partial charge in [-0.1, -0.05) is 43.3 Å². The molecule has 6 heteroatoms. The van der Waals surface area contributed by atoms with Gasteiger partial charge in [0.15, 0.2) is 0 Å². The van der Waals surface area contributed by atoms with Crippen molar-refractivity contribution < 1.29 is 23.9 Å². The van der Waals surface area contributed by atoms with Crippen LogP contribution in [-0.2, 0) is 25.7 Å². The molecule has 0 N–H and O–H groups in total. The number of carbonyl (C=O) groups is 3. The minimum absolute atomic E-state index is 0.107. The second kappa shape index (κ2) is 9.01. The summed E-state index contributed by atoms with van der Waals surface area (Å²) in [5, 5.41) is 0. The first-order chi connectivity index (χ1) is 12.0. The number of Topliss-reactive ketones (excluding diaryl/α,β-unsaturated/α-hetero) is 1. The molecule has 0 radical (unpaired) electrons. The summed E-state index contributed by atoms with van der Waals surface area (Å²) in [7, 11) is 1.30. The maximum atomic E-state index is 12.5. The van der Waals surface area contributed by atoms with Gasteiger partial charge in [-0.3, -0.25) is 4.79 Å². The van der Waals surface area contributed by atoms with Gasteiger partial charge in [-0.25, -0.2) is 9.59 Å². The van der Waals surface area contributed by atoms with Gasteiger partial charge in [0, 0.05) is 31.5 Å². The number of hydrogen-bond acceptors (Lipinski definition) is 5. The number of benzene rings is 1. The van der Waals surface area contributed by atoms with Gasteiger partial charge >= 0.3 is 12.1 Å². The van der Waals surface area contributed by atoms with E-state index in [1.54, 1.807) is 11.0 Å². The summed E-state index contributed by atoms with van der Waals surface area (Å²) >= 11 is 0. The molecule has 1 fully saturated rings. The zero-order valence-corrected chi connectivity index (χ0v) is 14.5. The highest BCUT2D eigenvalue weighted by atomic mass is 16.6. The van der Waals surface area contributed by atoms with Gasteiger partial charge in [-0.05, 0) is 11.5 Å². The largest absolute Gasteiger partial charge is 0.466 e. The van der Waals surface area contributed by atoms with Gasteiger partial charge in [-0.15, -0.1) is 0 Å². The summed E-state index contributed by atoms with van der Waals surface area (Å²) in [4.78, 5) is 37.1. The molecule has 0 spiro atoms. The maximum absolute atomic E-state index is 12.5. The van der Waals surface area contributed by atoms with E-state index in [2.05, 4.69) is 4.74 Å². The number of amides is 1. The lowest BCUT2D eigenvalue weighted by Crippen LogP contribution is -2.49. The van der Waals surface area contributed by atoms with E-state index in [-0.39, 0.29) is 30.8 Å². The van der Waals surface area contributed by atoms with Crippen LogP contribution in [0.1, 0.15) is 25.3 Å². The van der Waals surface area contributed by atoms with Crippen molar-refractivity contribution in [3.63, 3.8) is 0 Å². The summed E-state index contributed by atoms with van der Waals surface area (Å²) in [6.45, 7) is 2.37. The first-order valence-electron chi connectivity index (χ1n) is 8.26. The molecule has 1 aromatic carbocycles. The number of rotatable bonds is 5. The second-order valence-electron chi connectivity index (χ2n) is 6.04. The number of methoxy groups -OCH3 is 1. The van der Waals surface area contributed by atoms with Crippen LogP contribution >= 0.6 is 0 Å². The van der Waals surface area contributed by atoms with Gasteiger partial charge in [0.05, 0.1) is 7.11 Å². The topological polar surface area (TPSA) is 72.9 Å². The van der Waals surface area contributed by atoms with Crippen molar-refractivity contribution in [3.05, 3.63) is 48.0 Å². The molecule has 0 bridgehead atoms. The summed E-state index contributed by atoms with van der Waals surface area (Å²) in [6, 6.07) is 9.09. The fourth-order valence-corrected chi connectivity index (χ4v) is 2.78. The number of carbonyl (C=O) groups excluding carboxylic acids is 3. The van der Waals surface area contributed by atoms with Crippen molar-refractivity contribution in [2.45, 2.75) is 32.4 Å². The highest BCUT2D eigenvalue weighted by Gasteiger charge is 2.34. The molecule has 134 valence electrons. The van der Waals surface area contributed by atoms with Gasteiger partial charge < -0.3 is 14.4 Å². The SMILES string of the molecule is COC(=O)/C=C/[C@@H](C)[C@@H]1CC(=O)CCN1C(=O)OCc1ccccc1. The maximum Gasteiger partial charge on any atom is 0.410 e. The van der Waals surface area contributed by atoms with Crippen LogP contribution in [0.4, 0.5) is 4.79 Å². The van der Waals surface area contributed by atoms with E-state index in [4.69, 9.17) is 4.74 Å². The van der Waals surface area contributed by atoms with Crippen molar-refractivity contribution in [3.8, 4) is 0 Å². The Bertz CT molecular complexity index is 640. The van der Waals surface area contributed by atoms with E-state index in [1.807, 2.05) is 37.3 Å². The molecule has 0 aromatic heterocycles. The first kappa shape index (κ1) is 18.7. The van der Waals surface area contributed by atoms with Gasteiger partial charge in [-0.2, -0.15) is 0 Å². The lowest BCUT2D eigenvalue weighted by atomic mass is 9.91. The standard InChI is InChI=1S/C19H23NO5/c1-14(8-9-18(22)24-2)17-12-16(21)10-11-20(17)19(23)25-13-15-6-4-3-5-7-15/h3-9,14,17H,10-13H2,1-2H3/b9-8+/t14-,17+/m1/s1. The zero-order valence-electron chi connectivity index (χ0n) is 14.5. The summed E-state index contributed by atoms with van der Waals surface area (Å²) in [5.74, 6) is -0.532. The van der Waals surface area contributed by atoms with Crippen molar-refractivity contribution in [2.75, 3.05) is 13.7 Å². The summed E-state index contributed by atoms with van der Waals surface area (Å²) < 4.78 is 9.96. The van der Waals surface area contributed by atoms with Crippen LogP contribution < -0.4 is 0 Å². The van der Waals surface area contributed by atoms with E-state index in [9.17, 15) is 14.4 Å². The van der Waals surface area contributed by atoms with Crippen LogP contribution in [0.15, 0.2) is 42.5 Å². The van der Waals surface area contributed by atoms with Crippen molar-refractivity contribution in [1.82, 2.24) is 4.90 Å². The molecule has 2 atom stereocenters. The minimum Gasteiger partial charge on any atom is -0.466 e. The van der Waals surface area contributed by atoms with Crippen LogP contribution in [0.25, 0.3) is 0 Å². The van der Waals surface area contributed by atoms with E-state index in [0.29, 0.717) is 13.0 Å². The summed E-state index contributed by atoms with van der Waals surface area (Å²) in [5.41, 5.74) is 0.902. The number of hydrogen-bond donors (Lipinski definition) is 0. The molecule has 1 aliphatic rings. The fourth-order valence-electron chi connectivity index (χ4n) is 2.78. The molecular formula is C19H23NO5. The molecule has 1 aromatic rings. The van der Waals surface area contributed by atoms with Crippen LogP contribution in [0.3, 0.4) is 0 Å². The predicted octanol–water partition coefficient (Wildman–Crippen LogP) is 2.72. The molecular weight excluding hydrogens is 322 g/mol. The minimum atomic E-state index is -0.466. The molecule has 0 unspecified atom stereocenters. The number of ether oxygens (including phenoxy) is 2. The number of piperidine rings is 1. The van der Waals surface area contributed by atoms with E-state index < -0.39 is 12.1 Å². The van der Waals surface area contributed by atoms with Crippen LogP contribution in [0, 0.1) is 5.92 Å². The van der Waals surface area contributed by atoms with Crippen molar-refractivity contribution in [1.29, 1.82) is 0 Å². The third-order valence-electron chi connectivity index (χ3n) is 4.25. The fraction of sp³-hybridized carbons (Fsp3) is 0.421. The average molecular weight is 345 g/mol. The van der Waals surface area contributed by atoms with Crippen LogP contribution in [0.2, 0.25) is 0 Å². The second-order valence-corrected chi connectivity index (χ2v) is 6.04. The molecule has 6 nitrogen and oxygen atoms in total. The lowest BCUT2D eigenvalue weighted by molar-refractivity contribution is -0.134. The van der Waals surface area contributed by atoms with E-state index in [1.165, 1.54) is 13.2 Å². The third kappa shape index (κ3) is 5.45. The lowest BCUT2D eigenvalue weighted by Gasteiger charge is -2.36. The Labute approximate surface area is 147 Å². The first-order valence-corrected chi connectivity index (χ1v) is 8.26. The molecule has 0 aliphatic carbocycles. The molecule has 1 heterocycles. The Kier molecular flexibility index (Phi) is 6.74. The molecule has 25 heavy (non-hydrogen) atoms. The van der Waals surface area contributed by atoms with Crippen LogP contribution in [0.5, 0.6) is 0 Å². The third-order valence-corrected chi connectivity index (χ3v) is 4.25. The van der Waals surface area contributed by atoms with Crippen LogP contribution in [-0.4, -0.2) is 42.4 Å².